The zero-order chi connectivity index (χ0) is 24.1. The van der Waals surface area contributed by atoms with Crippen LogP contribution >= 0.6 is 0 Å². The summed E-state index contributed by atoms with van der Waals surface area (Å²) in [5.41, 5.74) is -0.147. The lowest BCUT2D eigenvalue weighted by Gasteiger charge is -2.19. The van der Waals surface area contributed by atoms with Crippen molar-refractivity contribution in [1.82, 2.24) is 4.90 Å². The van der Waals surface area contributed by atoms with Crippen molar-refractivity contribution in [3.63, 3.8) is 0 Å². The highest BCUT2D eigenvalue weighted by Gasteiger charge is 2.32. The predicted molar refractivity (Wildman–Crippen MR) is 116 cm³/mol. The lowest BCUT2D eigenvalue weighted by Crippen LogP contribution is -2.31. The topological polar surface area (TPSA) is 99.4 Å². The maximum atomic E-state index is 12.8. The Hall–Kier alpha value is -2.47. The van der Waals surface area contributed by atoms with Crippen LogP contribution in [0.2, 0.25) is 0 Å². The maximum Gasteiger partial charge on any atom is 0.416 e. The summed E-state index contributed by atoms with van der Waals surface area (Å²) in [4.78, 5) is 1.88. The zero-order valence-corrected chi connectivity index (χ0v) is 18.6. The Morgan fingerprint density at radius 1 is 0.939 bits per heavy atom. The van der Waals surface area contributed by atoms with Gasteiger partial charge < -0.3 is 14.9 Å². The quantitative estimate of drug-likeness (QED) is 0.474. The van der Waals surface area contributed by atoms with Gasteiger partial charge in [-0.05, 0) is 43.7 Å². The van der Waals surface area contributed by atoms with Gasteiger partial charge in [0, 0.05) is 30.3 Å². The second kappa shape index (κ2) is 10.6. The molecule has 0 fully saturated rings. The molecule has 0 spiro atoms. The summed E-state index contributed by atoms with van der Waals surface area (Å²) in [7, 11) is -3.99. The van der Waals surface area contributed by atoms with Crippen molar-refractivity contribution >= 4 is 15.7 Å². The Morgan fingerprint density at radius 2 is 1.61 bits per heavy atom. The molecule has 0 atom stereocenters. The number of hydrogen-bond acceptors (Lipinski definition) is 6. The van der Waals surface area contributed by atoms with Crippen molar-refractivity contribution in [3.05, 3.63) is 59.2 Å². The molecule has 1 heterocycles. The van der Waals surface area contributed by atoms with Crippen molar-refractivity contribution < 1.29 is 36.5 Å². The van der Waals surface area contributed by atoms with Crippen LogP contribution in [0.15, 0.2) is 51.8 Å². The highest BCUT2D eigenvalue weighted by molar-refractivity contribution is 7.90. The zero-order valence-electron chi connectivity index (χ0n) is 17.8. The Balaban J connectivity index is 1.64. The summed E-state index contributed by atoms with van der Waals surface area (Å²) in [6, 6.07) is 8.69. The van der Waals surface area contributed by atoms with Crippen molar-refractivity contribution in [1.29, 1.82) is 0 Å². The van der Waals surface area contributed by atoms with Crippen LogP contribution in [0.1, 0.15) is 29.5 Å². The van der Waals surface area contributed by atoms with E-state index in [9.17, 15) is 21.6 Å². The molecule has 0 bridgehead atoms. The molecule has 2 N–H and O–H groups in total. The summed E-state index contributed by atoms with van der Waals surface area (Å²) in [6.07, 6.45) is -3.03. The molecule has 11 heteroatoms. The number of sulfonamides is 1. The first-order chi connectivity index (χ1) is 15.7. The van der Waals surface area contributed by atoms with E-state index in [1.54, 1.807) is 6.07 Å². The predicted octanol–water partition coefficient (Wildman–Crippen LogP) is 2.69. The van der Waals surface area contributed by atoms with Crippen LogP contribution in [0.3, 0.4) is 0 Å². The Kier molecular flexibility index (Phi) is 8.11. The minimum atomic E-state index is -4.48. The van der Waals surface area contributed by atoms with Gasteiger partial charge in [0.15, 0.2) is 0 Å². The standard InChI is InChI=1S/C22H25F3N2O5S/c23-22(24,25)17-5-3-16(4-6-17)21-19-8-7-18(15-20(19)33(30,31)26-21)32-14-2-1-9-27(10-12-28)11-13-29/h3-8,15,28-29H,1-2,9-14H2. The third kappa shape index (κ3) is 6.32. The number of nitrogens with zero attached hydrogens (tertiary/aromatic N) is 2. The van der Waals surface area contributed by atoms with Crippen LogP contribution in [-0.4, -0.2) is 68.7 Å². The van der Waals surface area contributed by atoms with Crippen LogP contribution in [0.5, 0.6) is 5.75 Å². The molecule has 1 aliphatic heterocycles. The molecule has 0 saturated carbocycles. The lowest BCUT2D eigenvalue weighted by atomic mass is 10.0. The summed E-state index contributed by atoms with van der Waals surface area (Å²) in [6.45, 7) is 2.01. The number of ether oxygens (including phenoxy) is 1. The average molecular weight is 487 g/mol. The van der Waals surface area contributed by atoms with E-state index >= 15 is 0 Å². The van der Waals surface area contributed by atoms with Gasteiger partial charge in [-0.1, -0.05) is 12.1 Å². The third-order valence-electron chi connectivity index (χ3n) is 5.15. The number of halogens is 3. The molecule has 0 amide bonds. The number of alkyl halides is 3. The summed E-state index contributed by atoms with van der Waals surface area (Å²) < 4.78 is 72.9. The van der Waals surface area contributed by atoms with E-state index in [2.05, 4.69) is 4.40 Å². The van der Waals surface area contributed by atoms with Gasteiger partial charge in [0.25, 0.3) is 10.0 Å². The number of rotatable bonds is 11. The molecule has 1 aliphatic rings. The molecule has 2 aromatic rings. The molecule has 2 aromatic carbocycles. The van der Waals surface area contributed by atoms with Gasteiger partial charge in [0.05, 0.1) is 31.1 Å². The van der Waals surface area contributed by atoms with E-state index in [0.29, 0.717) is 44.0 Å². The van der Waals surface area contributed by atoms with Crippen LogP contribution in [0, 0.1) is 0 Å². The smallest absolute Gasteiger partial charge is 0.416 e. The Morgan fingerprint density at radius 3 is 2.21 bits per heavy atom. The van der Waals surface area contributed by atoms with Crippen molar-refractivity contribution in [2.24, 2.45) is 4.40 Å². The Labute approximate surface area is 190 Å². The van der Waals surface area contributed by atoms with Crippen LogP contribution < -0.4 is 4.74 Å². The normalized spacial score (nSPS) is 14.9. The van der Waals surface area contributed by atoms with E-state index in [1.807, 2.05) is 4.90 Å². The van der Waals surface area contributed by atoms with E-state index in [1.165, 1.54) is 24.3 Å². The Bertz CT molecular complexity index is 1080. The van der Waals surface area contributed by atoms with Gasteiger partial charge in [-0.2, -0.15) is 26.0 Å². The number of aliphatic hydroxyl groups is 2. The van der Waals surface area contributed by atoms with E-state index in [0.717, 1.165) is 18.6 Å². The largest absolute Gasteiger partial charge is 0.494 e. The average Bonchev–Trinajstić information content (AvgIpc) is 3.04. The fourth-order valence-corrected chi connectivity index (χ4v) is 4.74. The van der Waals surface area contributed by atoms with E-state index in [4.69, 9.17) is 14.9 Å². The fraction of sp³-hybridized carbons (Fsp3) is 0.409. The maximum absolute atomic E-state index is 12.8. The molecule has 3 rings (SSSR count). The monoisotopic (exact) mass is 486 g/mol. The van der Waals surface area contributed by atoms with Gasteiger partial charge in [-0.3, -0.25) is 4.90 Å². The second-order valence-electron chi connectivity index (χ2n) is 7.49. The minimum Gasteiger partial charge on any atom is -0.494 e. The summed E-state index contributed by atoms with van der Waals surface area (Å²) in [5, 5.41) is 18.0. The third-order valence-corrected chi connectivity index (χ3v) is 6.47. The first kappa shape index (κ1) is 25.2. The molecule has 180 valence electrons. The van der Waals surface area contributed by atoms with Crippen molar-refractivity contribution in [3.8, 4) is 5.75 Å². The molecule has 0 unspecified atom stereocenters. The fourth-order valence-electron chi connectivity index (χ4n) is 3.49. The van der Waals surface area contributed by atoms with Crippen LogP contribution in [0.25, 0.3) is 0 Å². The molecule has 0 aliphatic carbocycles. The van der Waals surface area contributed by atoms with Crippen molar-refractivity contribution in [2.75, 3.05) is 39.5 Å². The molecule has 33 heavy (non-hydrogen) atoms. The van der Waals surface area contributed by atoms with E-state index < -0.39 is 21.8 Å². The SMILES string of the molecule is O=S1(=O)N=C(c2ccc(C(F)(F)F)cc2)c2ccc(OCCCCN(CCO)CCO)cc21. The molecule has 0 saturated heterocycles. The second-order valence-corrected chi connectivity index (χ2v) is 9.06. The highest BCUT2D eigenvalue weighted by atomic mass is 32.2. The van der Waals surface area contributed by atoms with Crippen molar-refractivity contribution in [2.45, 2.75) is 23.9 Å². The summed E-state index contributed by atoms with van der Waals surface area (Å²) in [5.74, 6) is 0.351. The lowest BCUT2D eigenvalue weighted by molar-refractivity contribution is -0.137. The molecular formula is C22H25F3N2O5S. The van der Waals surface area contributed by atoms with Gasteiger partial charge in [-0.25, -0.2) is 0 Å². The van der Waals surface area contributed by atoms with Gasteiger partial charge in [-0.15, -0.1) is 0 Å². The van der Waals surface area contributed by atoms with Crippen LogP contribution in [0.4, 0.5) is 13.2 Å². The molecule has 0 radical (unpaired) electrons. The van der Waals surface area contributed by atoms with Gasteiger partial charge in [0.2, 0.25) is 0 Å². The number of unbranched alkanes of at least 4 members (excludes halogenated alkanes) is 1. The number of benzene rings is 2. The summed E-state index contributed by atoms with van der Waals surface area (Å²) >= 11 is 0. The first-order valence-electron chi connectivity index (χ1n) is 10.4. The number of hydrogen-bond donors (Lipinski definition) is 2. The molecular weight excluding hydrogens is 461 g/mol. The van der Waals surface area contributed by atoms with Gasteiger partial charge in [0.1, 0.15) is 10.6 Å². The highest BCUT2D eigenvalue weighted by Crippen LogP contribution is 2.34. The number of fused-ring (bicyclic) bond motifs is 1. The molecule has 0 aromatic heterocycles. The first-order valence-corrected chi connectivity index (χ1v) is 11.8. The number of aliphatic hydroxyl groups excluding tert-OH is 2. The van der Waals surface area contributed by atoms with E-state index in [-0.39, 0.29) is 29.4 Å². The minimum absolute atomic E-state index is 0.0105. The molecule has 7 nitrogen and oxygen atoms in total. The van der Waals surface area contributed by atoms with Gasteiger partial charge >= 0.3 is 6.18 Å². The van der Waals surface area contributed by atoms with Crippen LogP contribution in [-0.2, 0) is 16.2 Å².